The SMILES string of the molecule is CC(C)n1nccc1-c1nc(C(=O)NCc2ccc(Cl)cc2)c2cnccn12. The molecule has 4 aromatic rings. The van der Waals surface area contributed by atoms with Gasteiger partial charge in [-0.05, 0) is 37.6 Å². The Morgan fingerprint density at radius 3 is 2.71 bits per heavy atom. The minimum atomic E-state index is -0.262. The fourth-order valence-corrected chi connectivity index (χ4v) is 3.18. The molecule has 0 radical (unpaired) electrons. The lowest BCUT2D eigenvalue weighted by Gasteiger charge is -2.09. The van der Waals surface area contributed by atoms with Gasteiger partial charge in [-0.2, -0.15) is 5.10 Å². The number of amides is 1. The molecular weight excluding hydrogens is 376 g/mol. The Labute approximate surface area is 167 Å². The summed E-state index contributed by atoms with van der Waals surface area (Å²) in [4.78, 5) is 21.6. The molecule has 0 unspecified atom stereocenters. The number of carbonyl (C=O) groups is 1. The largest absolute Gasteiger partial charge is 0.347 e. The van der Waals surface area contributed by atoms with Crippen LogP contribution in [0.1, 0.15) is 35.9 Å². The van der Waals surface area contributed by atoms with Gasteiger partial charge < -0.3 is 5.32 Å². The monoisotopic (exact) mass is 394 g/mol. The molecule has 0 saturated carbocycles. The van der Waals surface area contributed by atoms with Crippen LogP contribution in [0.4, 0.5) is 0 Å². The first-order valence-electron chi connectivity index (χ1n) is 8.93. The van der Waals surface area contributed by atoms with Gasteiger partial charge in [0.15, 0.2) is 11.5 Å². The molecule has 8 heteroatoms. The molecule has 28 heavy (non-hydrogen) atoms. The van der Waals surface area contributed by atoms with E-state index in [0.717, 1.165) is 11.3 Å². The standard InChI is InChI=1S/C20H19ClN6O/c1-13(2)27-16(7-8-24-27)19-25-18(17-12-22-9-10-26(17)19)20(28)23-11-14-3-5-15(21)6-4-14/h3-10,12-13H,11H2,1-2H3,(H,23,28). The number of aromatic nitrogens is 5. The summed E-state index contributed by atoms with van der Waals surface area (Å²) < 4.78 is 3.74. The molecule has 3 aromatic heterocycles. The lowest BCUT2D eigenvalue weighted by molar-refractivity contribution is 0.0948. The topological polar surface area (TPSA) is 77.1 Å². The van der Waals surface area contributed by atoms with E-state index in [-0.39, 0.29) is 11.9 Å². The van der Waals surface area contributed by atoms with Crippen LogP contribution in [0.3, 0.4) is 0 Å². The lowest BCUT2D eigenvalue weighted by atomic mass is 10.2. The summed E-state index contributed by atoms with van der Waals surface area (Å²) >= 11 is 5.91. The summed E-state index contributed by atoms with van der Waals surface area (Å²) in [5.41, 5.74) is 2.77. The van der Waals surface area contributed by atoms with Crippen LogP contribution in [0, 0.1) is 0 Å². The van der Waals surface area contributed by atoms with Gasteiger partial charge in [-0.3, -0.25) is 18.9 Å². The van der Waals surface area contributed by atoms with Crippen molar-refractivity contribution in [2.75, 3.05) is 0 Å². The average Bonchev–Trinajstić information content (AvgIpc) is 3.32. The Bertz CT molecular complexity index is 1130. The Hall–Kier alpha value is -3.19. The van der Waals surface area contributed by atoms with Crippen molar-refractivity contribution in [3.63, 3.8) is 0 Å². The molecule has 142 valence electrons. The number of imidazole rings is 1. The number of rotatable bonds is 5. The van der Waals surface area contributed by atoms with Gasteiger partial charge in [0.25, 0.3) is 5.91 Å². The van der Waals surface area contributed by atoms with Gasteiger partial charge in [0, 0.05) is 36.2 Å². The third-order valence-electron chi connectivity index (χ3n) is 4.42. The molecule has 0 saturated heterocycles. The predicted molar refractivity (Wildman–Crippen MR) is 107 cm³/mol. The fraction of sp³-hybridized carbons (Fsp3) is 0.200. The molecule has 7 nitrogen and oxygen atoms in total. The highest BCUT2D eigenvalue weighted by Crippen LogP contribution is 2.24. The Morgan fingerprint density at radius 1 is 1.18 bits per heavy atom. The number of benzene rings is 1. The van der Waals surface area contributed by atoms with Crippen molar-refractivity contribution < 1.29 is 4.79 Å². The Kier molecular flexibility index (Phi) is 4.83. The molecule has 0 aliphatic heterocycles. The quantitative estimate of drug-likeness (QED) is 0.559. The van der Waals surface area contributed by atoms with E-state index in [1.54, 1.807) is 36.9 Å². The van der Waals surface area contributed by atoms with Gasteiger partial charge in [0.05, 0.1) is 11.7 Å². The smallest absolute Gasteiger partial charge is 0.272 e. The molecule has 1 amide bonds. The van der Waals surface area contributed by atoms with Gasteiger partial charge in [0.2, 0.25) is 0 Å². The third kappa shape index (κ3) is 3.36. The average molecular weight is 395 g/mol. The fourth-order valence-electron chi connectivity index (χ4n) is 3.06. The molecule has 0 aliphatic rings. The molecule has 0 atom stereocenters. The molecular formula is C20H19ClN6O. The zero-order valence-electron chi connectivity index (χ0n) is 15.5. The first kappa shape index (κ1) is 18.2. The van der Waals surface area contributed by atoms with Gasteiger partial charge in [-0.15, -0.1) is 0 Å². The Balaban J connectivity index is 1.68. The van der Waals surface area contributed by atoms with Gasteiger partial charge in [-0.1, -0.05) is 23.7 Å². The van der Waals surface area contributed by atoms with Crippen LogP contribution in [0.15, 0.2) is 55.1 Å². The maximum Gasteiger partial charge on any atom is 0.272 e. The van der Waals surface area contributed by atoms with E-state index in [1.165, 1.54) is 0 Å². The molecule has 3 heterocycles. The maximum absolute atomic E-state index is 12.8. The summed E-state index contributed by atoms with van der Waals surface area (Å²) in [5, 5.41) is 7.95. The maximum atomic E-state index is 12.8. The lowest BCUT2D eigenvalue weighted by Crippen LogP contribution is -2.23. The number of nitrogens with zero attached hydrogens (tertiary/aromatic N) is 5. The van der Waals surface area contributed by atoms with Crippen LogP contribution in [0.25, 0.3) is 17.0 Å². The normalized spacial score (nSPS) is 11.3. The van der Waals surface area contributed by atoms with E-state index in [0.29, 0.717) is 28.6 Å². The zero-order chi connectivity index (χ0) is 19.7. The number of nitrogens with one attached hydrogen (secondary N) is 1. The summed E-state index contributed by atoms with van der Waals surface area (Å²) in [6, 6.07) is 9.41. The van der Waals surface area contributed by atoms with Crippen molar-refractivity contribution in [3.05, 3.63) is 71.4 Å². The van der Waals surface area contributed by atoms with Gasteiger partial charge in [-0.25, -0.2) is 4.98 Å². The summed E-state index contributed by atoms with van der Waals surface area (Å²) in [6.07, 6.45) is 6.84. The van der Waals surface area contributed by atoms with Crippen LogP contribution in [0.2, 0.25) is 5.02 Å². The molecule has 0 fully saturated rings. The number of hydrogen-bond donors (Lipinski definition) is 1. The van der Waals surface area contributed by atoms with Crippen molar-refractivity contribution in [1.82, 2.24) is 29.5 Å². The van der Waals surface area contributed by atoms with Crippen LogP contribution in [-0.2, 0) is 6.54 Å². The van der Waals surface area contributed by atoms with Crippen LogP contribution in [0.5, 0.6) is 0 Å². The molecule has 0 bridgehead atoms. The van der Waals surface area contributed by atoms with Crippen molar-refractivity contribution >= 4 is 23.0 Å². The number of halogens is 1. The molecule has 0 spiro atoms. The highest BCUT2D eigenvalue weighted by molar-refractivity contribution is 6.30. The van der Waals surface area contributed by atoms with Crippen LogP contribution >= 0.6 is 11.6 Å². The molecule has 0 aliphatic carbocycles. The van der Waals surface area contributed by atoms with E-state index in [1.807, 2.05) is 41.1 Å². The number of fused-ring (bicyclic) bond motifs is 1. The van der Waals surface area contributed by atoms with Crippen LogP contribution in [-0.4, -0.2) is 30.1 Å². The summed E-state index contributed by atoms with van der Waals surface area (Å²) in [6.45, 7) is 4.48. The van der Waals surface area contributed by atoms with Crippen molar-refractivity contribution in [2.45, 2.75) is 26.4 Å². The van der Waals surface area contributed by atoms with E-state index in [9.17, 15) is 4.79 Å². The zero-order valence-corrected chi connectivity index (χ0v) is 16.3. The number of carbonyl (C=O) groups excluding carboxylic acids is 1. The van der Waals surface area contributed by atoms with E-state index >= 15 is 0 Å². The highest BCUT2D eigenvalue weighted by Gasteiger charge is 2.21. The molecule has 4 rings (SSSR count). The van der Waals surface area contributed by atoms with E-state index in [4.69, 9.17) is 11.6 Å². The second-order valence-corrected chi connectivity index (χ2v) is 7.12. The van der Waals surface area contributed by atoms with Gasteiger partial charge >= 0.3 is 0 Å². The Morgan fingerprint density at radius 2 is 1.96 bits per heavy atom. The highest BCUT2D eigenvalue weighted by atomic mass is 35.5. The first-order valence-corrected chi connectivity index (χ1v) is 9.31. The number of hydrogen-bond acceptors (Lipinski definition) is 4. The predicted octanol–water partition coefficient (Wildman–Crippen LogP) is 3.76. The van der Waals surface area contributed by atoms with Gasteiger partial charge in [0.1, 0.15) is 5.69 Å². The van der Waals surface area contributed by atoms with Crippen molar-refractivity contribution in [1.29, 1.82) is 0 Å². The summed E-state index contributed by atoms with van der Waals surface area (Å²) in [7, 11) is 0. The second kappa shape index (κ2) is 7.44. The second-order valence-electron chi connectivity index (χ2n) is 6.68. The van der Waals surface area contributed by atoms with E-state index < -0.39 is 0 Å². The van der Waals surface area contributed by atoms with Crippen molar-refractivity contribution in [2.24, 2.45) is 0 Å². The van der Waals surface area contributed by atoms with Crippen molar-refractivity contribution in [3.8, 4) is 11.5 Å². The van der Waals surface area contributed by atoms with Crippen LogP contribution < -0.4 is 5.32 Å². The minimum Gasteiger partial charge on any atom is -0.347 e. The molecule has 1 N–H and O–H groups in total. The summed E-state index contributed by atoms with van der Waals surface area (Å²) in [5.74, 6) is 0.391. The minimum absolute atomic E-state index is 0.168. The van der Waals surface area contributed by atoms with E-state index in [2.05, 4.69) is 20.4 Å². The first-order chi connectivity index (χ1) is 13.5. The third-order valence-corrected chi connectivity index (χ3v) is 4.67. The molecule has 1 aromatic carbocycles.